The molecule has 1 unspecified atom stereocenters. The molecule has 0 spiro atoms. The Labute approximate surface area is 144 Å². The molecule has 22 heavy (non-hydrogen) atoms. The Morgan fingerprint density at radius 3 is 2.59 bits per heavy atom. The van der Waals surface area contributed by atoms with Crippen molar-refractivity contribution in [2.75, 3.05) is 0 Å². The van der Waals surface area contributed by atoms with E-state index in [2.05, 4.69) is 6.92 Å². The van der Waals surface area contributed by atoms with Crippen LogP contribution in [-0.2, 0) is 4.79 Å². The molecule has 1 atom stereocenters. The minimum Gasteiger partial charge on any atom is -0.481 e. The summed E-state index contributed by atoms with van der Waals surface area (Å²) in [6, 6.07) is 5.26. The van der Waals surface area contributed by atoms with Gasteiger partial charge in [-0.1, -0.05) is 61.9 Å². The monoisotopic (exact) mass is 361 g/mol. The first-order valence-electron chi connectivity index (χ1n) is 7.36. The topological polar surface area (TPSA) is 42.2 Å². The molecule has 2 rings (SSSR count). The third-order valence-corrected chi connectivity index (χ3v) is 4.90. The lowest BCUT2D eigenvalue weighted by Crippen LogP contribution is -2.14. The van der Waals surface area contributed by atoms with Crippen LogP contribution in [0.2, 0.25) is 10.0 Å². The highest BCUT2D eigenvalue weighted by Crippen LogP contribution is 2.41. The number of aromatic nitrogens is 1. The number of aliphatic carboxylic acids is 1. The van der Waals surface area contributed by atoms with Crippen LogP contribution in [0, 0.1) is 0 Å². The van der Waals surface area contributed by atoms with Gasteiger partial charge >= 0.3 is 5.97 Å². The third-order valence-electron chi connectivity index (χ3n) is 3.83. The summed E-state index contributed by atoms with van der Waals surface area (Å²) in [5.41, 5.74) is 1.05. The summed E-state index contributed by atoms with van der Waals surface area (Å²) in [7, 11) is 0. The van der Waals surface area contributed by atoms with E-state index >= 15 is 0 Å². The molecule has 0 saturated carbocycles. The van der Waals surface area contributed by atoms with Crippen molar-refractivity contribution in [1.29, 1.82) is 0 Å². The number of rotatable bonds is 7. The van der Waals surface area contributed by atoms with E-state index in [0.29, 0.717) is 33.1 Å². The van der Waals surface area contributed by atoms with Gasteiger partial charge in [0.05, 0.1) is 27.2 Å². The molecule has 1 heterocycles. The van der Waals surface area contributed by atoms with Crippen molar-refractivity contribution in [1.82, 2.24) is 4.09 Å². The molecule has 0 bridgehead atoms. The molecule has 0 saturated heterocycles. The Hall–Kier alpha value is -0.900. The van der Waals surface area contributed by atoms with E-state index in [0.717, 1.165) is 25.7 Å². The predicted molar refractivity (Wildman–Crippen MR) is 92.3 cm³/mol. The summed E-state index contributed by atoms with van der Waals surface area (Å²) < 4.78 is 1.34. The van der Waals surface area contributed by atoms with Crippen LogP contribution < -0.4 is 0 Å². The van der Waals surface area contributed by atoms with Crippen molar-refractivity contribution in [2.24, 2.45) is 0 Å². The number of carbonyl (C=O) groups is 1. The van der Waals surface area contributed by atoms with Gasteiger partial charge in [-0.25, -0.2) is 0 Å². The van der Waals surface area contributed by atoms with Crippen LogP contribution in [0.5, 0.6) is 0 Å². The second-order valence-electron chi connectivity index (χ2n) is 5.35. The van der Waals surface area contributed by atoms with Gasteiger partial charge < -0.3 is 5.11 Å². The van der Waals surface area contributed by atoms with Gasteiger partial charge in [0.1, 0.15) is 0 Å². The number of carboxylic acid groups (broad SMARTS) is 1. The van der Waals surface area contributed by atoms with Crippen molar-refractivity contribution in [3.63, 3.8) is 0 Å². The fraction of sp³-hybridized carbons (Fsp3) is 0.438. The molecule has 0 amide bonds. The molecular formula is C16H18Cl3NO2. The Bertz CT molecular complexity index is 682. The molecule has 2 aromatic rings. The van der Waals surface area contributed by atoms with Crippen LogP contribution in [-0.4, -0.2) is 15.2 Å². The van der Waals surface area contributed by atoms with Crippen LogP contribution in [0.4, 0.5) is 0 Å². The quantitative estimate of drug-likeness (QED) is 0.606. The van der Waals surface area contributed by atoms with E-state index in [1.165, 1.54) is 4.09 Å². The fourth-order valence-electron chi connectivity index (χ4n) is 2.68. The van der Waals surface area contributed by atoms with Crippen LogP contribution in [0.1, 0.15) is 50.6 Å². The van der Waals surface area contributed by atoms with Gasteiger partial charge in [-0.2, -0.15) is 0 Å². The number of halogens is 3. The van der Waals surface area contributed by atoms with Crippen molar-refractivity contribution >= 4 is 51.9 Å². The van der Waals surface area contributed by atoms with E-state index in [9.17, 15) is 9.90 Å². The molecule has 0 aliphatic carbocycles. The van der Waals surface area contributed by atoms with Gasteiger partial charge in [0, 0.05) is 17.2 Å². The number of carboxylic acids is 1. The SMILES string of the molecule is CCCCCCC(C(=O)O)c1c(Cl)c2c(Cl)cccc2n1Cl. The number of hydrogen-bond acceptors (Lipinski definition) is 1. The first-order valence-corrected chi connectivity index (χ1v) is 8.45. The standard InChI is InChI=1S/C16H18Cl3NO2/c1-2-3-4-5-7-10(16(21)22)15-14(18)13-11(17)8-6-9-12(13)20(15)19/h6,8-10H,2-5,7H2,1H3,(H,21,22). The van der Waals surface area contributed by atoms with Crippen LogP contribution in [0.3, 0.4) is 0 Å². The largest absolute Gasteiger partial charge is 0.481 e. The highest BCUT2D eigenvalue weighted by Gasteiger charge is 2.29. The Morgan fingerprint density at radius 2 is 2.00 bits per heavy atom. The average molecular weight is 363 g/mol. The molecule has 1 N–H and O–H groups in total. The maximum Gasteiger partial charge on any atom is 0.312 e. The van der Waals surface area contributed by atoms with Gasteiger partial charge in [-0.05, 0) is 18.6 Å². The maximum atomic E-state index is 11.7. The lowest BCUT2D eigenvalue weighted by atomic mass is 9.97. The van der Waals surface area contributed by atoms with Crippen molar-refractivity contribution in [3.05, 3.63) is 33.9 Å². The fourth-order valence-corrected chi connectivity index (χ4v) is 3.79. The zero-order valence-corrected chi connectivity index (χ0v) is 14.5. The maximum absolute atomic E-state index is 11.7. The van der Waals surface area contributed by atoms with E-state index in [4.69, 9.17) is 35.0 Å². The zero-order valence-electron chi connectivity index (χ0n) is 12.3. The Kier molecular flexibility index (Phi) is 6.01. The molecule has 0 radical (unpaired) electrons. The molecule has 3 nitrogen and oxygen atoms in total. The van der Waals surface area contributed by atoms with Crippen LogP contribution in [0.15, 0.2) is 18.2 Å². The summed E-state index contributed by atoms with van der Waals surface area (Å²) in [4.78, 5) is 11.7. The minimum absolute atomic E-state index is 0.332. The van der Waals surface area contributed by atoms with Gasteiger partial charge in [-0.15, -0.1) is 0 Å². The Balaban J connectivity index is 2.41. The van der Waals surface area contributed by atoms with Gasteiger partial charge in [0.25, 0.3) is 0 Å². The van der Waals surface area contributed by atoms with Gasteiger partial charge in [-0.3, -0.25) is 8.88 Å². The molecular weight excluding hydrogens is 345 g/mol. The number of benzene rings is 1. The Morgan fingerprint density at radius 1 is 1.27 bits per heavy atom. The molecule has 120 valence electrons. The summed E-state index contributed by atoms with van der Waals surface area (Å²) in [5.74, 6) is -1.65. The molecule has 6 heteroatoms. The smallest absolute Gasteiger partial charge is 0.312 e. The number of fused-ring (bicyclic) bond motifs is 1. The van der Waals surface area contributed by atoms with E-state index in [1.54, 1.807) is 18.2 Å². The van der Waals surface area contributed by atoms with Crippen LogP contribution >= 0.6 is 35.0 Å². The lowest BCUT2D eigenvalue weighted by molar-refractivity contribution is -0.139. The lowest BCUT2D eigenvalue weighted by Gasteiger charge is -2.13. The zero-order chi connectivity index (χ0) is 16.3. The number of hydrogen-bond donors (Lipinski definition) is 1. The molecule has 0 aliphatic heterocycles. The van der Waals surface area contributed by atoms with Gasteiger partial charge in [0.15, 0.2) is 0 Å². The van der Waals surface area contributed by atoms with Crippen molar-refractivity contribution in [3.8, 4) is 0 Å². The van der Waals surface area contributed by atoms with Crippen molar-refractivity contribution < 1.29 is 9.90 Å². The average Bonchev–Trinajstić information content (AvgIpc) is 2.72. The first-order chi connectivity index (χ1) is 10.5. The highest BCUT2D eigenvalue weighted by atomic mass is 35.5. The molecule has 0 aliphatic rings. The first kappa shape index (κ1) is 17.5. The highest BCUT2D eigenvalue weighted by molar-refractivity contribution is 6.44. The summed E-state index contributed by atoms with van der Waals surface area (Å²) in [5, 5.41) is 11.0. The number of nitrogens with zero attached hydrogens (tertiary/aromatic N) is 1. The molecule has 1 aromatic carbocycles. The minimum atomic E-state index is -0.917. The van der Waals surface area contributed by atoms with E-state index in [-0.39, 0.29) is 0 Å². The van der Waals surface area contributed by atoms with E-state index < -0.39 is 11.9 Å². The van der Waals surface area contributed by atoms with Gasteiger partial charge in [0.2, 0.25) is 0 Å². The van der Waals surface area contributed by atoms with Crippen molar-refractivity contribution in [2.45, 2.75) is 44.9 Å². The summed E-state index contributed by atoms with van der Waals surface area (Å²) in [6.07, 6.45) is 4.53. The summed E-state index contributed by atoms with van der Waals surface area (Å²) >= 11 is 18.9. The predicted octanol–water partition coefficient (Wildman–Crippen LogP) is 6.09. The second kappa shape index (κ2) is 7.58. The summed E-state index contributed by atoms with van der Waals surface area (Å²) in [6.45, 7) is 2.12. The molecule has 0 fully saturated rings. The second-order valence-corrected chi connectivity index (χ2v) is 6.48. The number of unbranched alkanes of at least 4 members (excludes halogenated alkanes) is 3. The van der Waals surface area contributed by atoms with E-state index in [1.807, 2.05) is 0 Å². The molecule has 1 aromatic heterocycles. The third kappa shape index (κ3) is 3.37. The van der Waals surface area contributed by atoms with Crippen LogP contribution in [0.25, 0.3) is 10.9 Å². The normalized spacial score (nSPS) is 12.7.